The molecule has 0 spiro atoms. The third-order valence-corrected chi connectivity index (χ3v) is 4.94. The molecular formula is C20H21FN6O. The van der Waals surface area contributed by atoms with Crippen LogP contribution in [0.25, 0.3) is 5.82 Å². The summed E-state index contributed by atoms with van der Waals surface area (Å²) in [4.78, 5) is 23.1. The molecule has 2 aromatic heterocycles. The SMILES string of the molecule is CC1CCN(c2cncnc2-n2cc(NC(=O)c3cccc(F)c3)cn2)CC1. The summed E-state index contributed by atoms with van der Waals surface area (Å²) in [5.74, 6) is 0.534. The van der Waals surface area contributed by atoms with Crippen molar-refractivity contribution in [1.82, 2.24) is 19.7 Å². The Morgan fingerprint density at radius 1 is 1.25 bits per heavy atom. The van der Waals surface area contributed by atoms with Crippen molar-refractivity contribution in [3.63, 3.8) is 0 Å². The van der Waals surface area contributed by atoms with Crippen LogP contribution in [0.2, 0.25) is 0 Å². The number of anilines is 2. The summed E-state index contributed by atoms with van der Waals surface area (Å²) in [5.41, 5.74) is 1.67. The smallest absolute Gasteiger partial charge is 0.255 e. The molecule has 1 aliphatic heterocycles. The molecule has 3 heterocycles. The van der Waals surface area contributed by atoms with E-state index in [4.69, 9.17) is 0 Å². The number of carbonyl (C=O) groups is 1. The zero-order valence-corrected chi connectivity index (χ0v) is 15.5. The first-order chi connectivity index (χ1) is 13.6. The fraction of sp³-hybridized carbons (Fsp3) is 0.300. The standard InChI is InChI=1S/C20H21FN6O/c1-14-5-7-26(8-6-14)18-11-22-13-23-19(18)27-12-17(10-24-27)25-20(28)15-3-2-4-16(21)9-15/h2-4,9-14H,5-8H2,1H3,(H,25,28). The van der Waals surface area contributed by atoms with Gasteiger partial charge in [-0.1, -0.05) is 13.0 Å². The van der Waals surface area contributed by atoms with Gasteiger partial charge >= 0.3 is 0 Å². The average molecular weight is 380 g/mol. The number of benzene rings is 1. The van der Waals surface area contributed by atoms with Gasteiger partial charge in [-0.3, -0.25) is 4.79 Å². The number of hydrogen-bond acceptors (Lipinski definition) is 5. The number of aromatic nitrogens is 4. The van der Waals surface area contributed by atoms with Crippen molar-refractivity contribution >= 4 is 17.3 Å². The van der Waals surface area contributed by atoms with Crippen molar-refractivity contribution in [1.29, 1.82) is 0 Å². The first-order valence-corrected chi connectivity index (χ1v) is 9.27. The molecule has 0 bridgehead atoms. The highest BCUT2D eigenvalue weighted by molar-refractivity contribution is 6.04. The minimum absolute atomic E-state index is 0.248. The summed E-state index contributed by atoms with van der Waals surface area (Å²) in [6.07, 6.45) is 8.77. The van der Waals surface area contributed by atoms with Crippen molar-refractivity contribution < 1.29 is 9.18 Å². The van der Waals surface area contributed by atoms with Gasteiger partial charge in [0.1, 0.15) is 17.8 Å². The van der Waals surface area contributed by atoms with Gasteiger partial charge in [0.25, 0.3) is 5.91 Å². The van der Waals surface area contributed by atoms with Gasteiger partial charge in [0.05, 0.1) is 24.3 Å². The number of hydrogen-bond donors (Lipinski definition) is 1. The van der Waals surface area contributed by atoms with Gasteiger partial charge < -0.3 is 10.2 Å². The second-order valence-electron chi connectivity index (χ2n) is 7.04. The Morgan fingerprint density at radius 3 is 2.86 bits per heavy atom. The predicted octanol–water partition coefficient (Wildman–Crippen LogP) is 3.29. The second-order valence-corrected chi connectivity index (χ2v) is 7.04. The molecule has 7 nitrogen and oxygen atoms in total. The maximum absolute atomic E-state index is 13.3. The molecule has 1 aliphatic rings. The molecule has 1 amide bonds. The number of rotatable bonds is 4. The van der Waals surface area contributed by atoms with E-state index in [0.29, 0.717) is 11.5 Å². The van der Waals surface area contributed by atoms with E-state index in [-0.39, 0.29) is 5.56 Å². The molecule has 1 saturated heterocycles. The Bertz CT molecular complexity index is 980. The van der Waals surface area contributed by atoms with E-state index in [1.807, 2.05) is 0 Å². The van der Waals surface area contributed by atoms with Crippen molar-refractivity contribution in [2.45, 2.75) is 19.8 Å². The molecule has 0 unspecified atom stereocenters. The lowest BCUT2D eigenvalue weighted by atomic mass is 9.99. The molecule has 1 fully saturated rings. The second kappa shape index (κ2) is 7.75. The number of nitrogens with one attached hydrogen (secondary N) is 1. The van der Waals surface area contributed by atoms with Gasteiger partial charge in [-0.2, -0.15) is 5.10 Å². The van der Waals surface area contributed by atoms with E-state index in [0.717, 1.165) is 37.5 Å². The number of nitrogens with zero attached hydrogens (tertiary/aromatic N) is 5. The van der Waals surface area contributed by atoms with Gasteiger partial charge in [-0.25, -0.2) is 19.0 Å². The van der Waals surface area contributed by atoms with Crippen LogP contribution in [-0.4, -0.2) is 38.7 Å². The maximum atomic E-state index is 13.3. The number of halogens is 1. The Morgan fingerprint density at radius 2 is 2.07 bits per heavy atom. The number of piperidine rings is 1. The van der Waals surface area contributed by atoms with Gasteiger partial charge in [-0.15, -0.1) is 0 Å². The van der Waals surface area contributed by atoms with Crippen LogP contribution in [0.1, 0.15) is 30.1 Å². The van der Waals surface area contributed by atoms with E-state index in [2.05, 4.69) is 32.2 Å². The summed E-state index contributed by atoms with van der Waals surface area (Å²) in [6.45, 7) is 4.17. The Kier molecular flexibility index (Phi) is 5.01. The topological polar surface area (TPSA) is 75.9 Å². The minimum atomic E-state index is -0.454. The van der Waals surface area contributed by atoms with Crippen LogP contribution in [0.15, 0.2) is 49.2 Å². The molecule has 0 saturated carbocycles. The molecule has 4 rings (SSSR count). The molecule has 144 valence electrons. The molecule has 1 aromatic carbocycles. The number of carbonyl (C=O) groups excluding carboxylic acids is 1. The zero-order valence-electron chi connectivity index (χ0n) is 15.5. The van der Waals surface area contributed by atoms with Crippen LogP contribution in [0.5, 0.6) is 0 Å². The van der Waals surface area contributed by atoms with Crippen LogP contribution in [-0.2, 0) is 0 Å². The zero-order chi connectivity index (χ0) is 19.5. The van der Waals surface area contributed by atoms with Gasteiger partial charge in [0, 0.05) is 18.7 Å². The minimum Gasteiger partial charge on any atom is -0.367 e. The fourth-order valence-electron chi connectivity index (χ4n) is 3.30. The fourth-order valence-corrected chi connectivity index (χ4v) is 3.30. The van der Waals surface area contributed by atoms with E-state index >= 15 is 0 Å². The molecule has 3 aromatic rings. The summed E-state index contributed by atoms with van der Waals surface area (Å²) < 4.78 is 14.9. The lowest BCUT2D eigenvalue weighted by molar-refractivity contribution is 0.102. The quantitative estimate of drug-likeness (QED) is 0.752. The summed E-state index contributed by atoms with van der Waals surface area (Å²) in [7, 11) is 0. The number of amides is 1. The van der Waals surface area contributed by atoms with E-state index in [1.54, 1.807) is 29.3 Å². The van der Waals surface area contributed by atoms with E-state index in [1.165, 1.54) is 24.5 Å². The normalized spacial score (nSPS) is 14.9. The van der Waals surface area contributed by atoms with E-state index < -0.39 is 11.7 Å². The van der Waals surface area contributed by atoms with Crippen LogP contribution in [0.3, 0.4) is 0 Å². The molecule has 0 radical (unpaired) electrons. The highest BCUT2D eigenvalue weighted by Crippen LogP contribution is 2.26. The Labute approximate surface area is 162 Å². The Hall–Kier alpha value is -3.29. The maximum Gasteiger partial charge on any atom is 0.255 e. The first kappa shape index (κ1) is 18.1. The molecule has 8 heteroatoms. The predicted molar refractivity (Wildman–Crippen MR) is 104 cm³/mol. The lowest BCUT2D eigenvalue weighted by Gasteiger charge is -2.32. The summed E-state index contributed by atoms with van der Waals surface area (Å²) in [5, 5.41) is 7.07. The molecule has 0 aliphatic carbocycles. The highest BCUT2D eigenvalue weighted by atomic mass is 19.1. The molecular weight excluding hydrogens is 359 g/mol. The molecule has 0 atom stereocenters. The van der Waals surface area contributed by atoms with Crippen LogP contribution < -0.4 is 10.2 Å². The third-order valence-electron chi connectivity index (χ3n) is 4.94. The largest absolute Gasteiger partial charge is 0.367 e. The first-order valence-electron chi connectivity index (χ1n) is 9.27. The van der Waals surface area contributed by atoms with Crippen molar-refractivity contribution in [2.24, 2.45) is 5.92 Å². The van der Waals surface area contributed by atoms with Crippen LogP contribution in [0, 0.1) is 11.7 Å². The Balaban J connectivity index is 1.54. The van der Waals surface area contributed by atoms with Gasteiger partial charge in [-0.05, 0) is 37.0 Å². The van der Waals surface area contributed by atoms with Crippen molar-refractivity contribution in [2.75, 3.05) is 23.3 Å². The monoisotopic (exact) mass is 380 g/mol. The van der Waals surface area contributed by atoms with Crippen molar-refractivity contribution in [3.8, 4) is 5.82 Å². The highest BCUT2D eigenvalue weighted by Gasteiger charge is 2.20. The lowest BCUT2D eigenvalue weighted by Crippen LogP contribution is -2.33. The van der Waals surface area contributed by atoms with Crippen molar-refractivity contribution in [3.05, 3.63) is 60.6 Å². The summed E-state index contributed by atoms with van der Waals surface area (Å²) in [6, 6.07) is 5.55. The summed E-state index contributed by atoms with van der Waals surface area (Å²) >= 11 is 0. The van der Waals surface area contributed by atoms with Gasteiger partial charge in [0.15, 0.2) is 5.82 Å². The average Bonchev–Trinajstić information content (AvgIpc) is 3.17. The third kappa shape index (κ3) is 3.85. The molecule has 28 heavy (non-hydrogen) atoms. The van der Waals surface area contributed by atoms with E-state index in [9.17, 15) is 9.18 Å². The van der Waals surface area contributed by atoms with Crippen LogP contribution >= 0.6 is 0 Å². The van der Waals surface area contributed by atoms with Gasteiger partial charge in [0.2, 0.25) is 0 Å². The molecule has 1 N–H and O–H groups in total. The van der Waals surface area contributed by atoms with Crippen LogP contribution in [0.4, 0.5) is 15.8 Å².